The van der Waals surface area contributed by atoms with Crippen molar-refractivity contribution in [2.45, 2.75) is 6.54 Å². The standard InChI is InChI=1S/C23H25N5O/c1-26(18-19-8-4-2-5-9-19)22-13-12-21(24-25-22)23(29)28-16-14-27(15-17-28)20-10-6-3-7-11-20/h2-13H,14-18H2,1H3. The number of rotatable bonds is 5. The monoisotopic (exact) mass is 387 g/mol. The summed E-state index contributed by atoms with van der Waals surface area (Å²) < 4.78 is 0. The zero-order chi connectivity index (χ0) is 20.1. The van der Waals surface area contributed by atoms with Gasteiger partial charge >= 0.3 is 0 Å². The molecule has 0 saturated carbocycles. The van der Waals surface area contributed by atoms with Crippen molar-refractivity contribution < 1.29 is 4.79 Å². The van der Waals surface area contributed by atoms with Crippen LogP contribution in [0.1, 0.15) is 16.1 Å². The lowest BCUT2D eigenvalue weighted by atomic mass is 10.2. The summed E-state index contributed by atoms with van der Waals surface area (Å²) in [6.07, 6.45) is 0. The van der Waals surface area contributed by atoms with Gasteiger partial charge in [0.15, 0.2) is 11.5 Å². The van der Waals surface area contributed by atoms with Crippen molar-refractivity contribution in [1.82, 2.24) is 15.1 Å². The Morgan fingerprint density at radius 1 is 0.862 bits per heavy atom. The minimum atomic E-state index is -0.0533. The Labute approximate surface area is 171 Å². The Kier molecular flexibility index (Phi) is 5.70. The van der Waals surface area contributed by atoms with Crippen LogP contribution in [0.2, 0.25) is 0 Å². The van der Waals surface area contributed by atoms with Gasteiger partial charge in [0.05, 0.1) is 0 Å². The summed E-state index contributed by atoms with van der Waals surface area (Å²) in [6.45, 7) is 3.75. The van der Waals surface area contributed by atoms with Crippen molar-refractivity contribution in [3.8, 4) is 0 Å². The second kappa shape index (κ2) is 8.73. The number of carbonyl (C=O) groups excluding carboxylic acids is 1. The maximum Gasteiger partial charge on any atom is 0.274 e. The second-order valence-electron chi connectivity index (χ2n) is 7.23. The summed E-state index contributed by atoms with van der Waals surface area (Å²) in [5.74, 6) is 0.696. The molecular weight excluding hydrogens is 362 g/mol. The summed E-state index contributed by atoms with van der Waals surface area (Å²) in [4.78, 5) is 19.0. The average Bonchev–Trinajstić information content (AvgIpc) is 2.80. The van der Waals surface area contributed by atoms with Gasteiger partial charge in [0, 0.05) is 45.5 Å². The zero-order valence-electron chi connectivity index (χ0n) is 16.6. The highest BCUT2D eigenvalue weighted by molar-refractivity contribution is 5.92. The molecule has 4 rings (SSSR count). The molecule has 3 aromatic rings. The van der Waals surface area contributed by atoms with Crippen LogP contribution in [-0.4, -0.2) is 54.2 Å². The third-order valence-electron chi connectivity index (χ3n) is 5.21. The molecule has 0 atom stereocenters. The molecule has 0 aliphatic carbocycles. The Morgan fingerprint density at radius 2 is 1.52 bits per heavy atom. The van der Waals surface area contributed by atoms with Gasteiger partial charge in [-0.1, -0.05) is 48.5 Å². The third kappa shape index (κ3) is 4.54. The van der Waals surface area contributed by atoms with Crippen LogP contribution in [-0.2, 0) is 6.54 Å². The van der Waals surface area contributed by atoms with Crippen LogP contribution >= 0.6 is 0 Å². The molecule has 0 radical (unpaired) electrons. The Morgan fingerprint density at radius 3 is 2.14 bits per heavy atom. The number of piperazine rings is 1. The average molecular weight is 387 g/mol. The molecule has 1 aliphatic heterocycles. The fraction of sp³-hybridized carbons (Fsp3) is 0.261. The van der Waals surface area contributed by atoms with Crippen molar-refractivity contribution in [2.75, 3.05) is 43.0 Å². The van der Waals surface area contributed by atoms with E-state index >= 15 is 0 Å². The van der Waals surface area contributed by atoms with E-state index in [9.17, 15) is 4.79 Å². The minimum Gasteiger partial charge on any atom is -0.368 e. The topological polar surface area (TPSA) is 52.6 Å². The summed E-state index contributed by atoms with van der Waals surface area (Å²) >= 11 is 0. The summed E-state index contributed by atoms with van der Waals surface area (Å²) in [5, 5.41) is 8.47. The molecule has 0 unspecified atom stereocenters. The van der Waals surface area contributed by atoms with E-state index in [4.69, 9.17) is 0 Å². The third-order valence-corrected chi connectivity index (χ3v) is 5.21. The SMILES string of the molecule is CN(Cc1ccccc1)c1ccc(C(=O)N2CCN(c3ccccc3)CC2)nn1. The molecule has 6 heteroatoms. The number of carbonyl (C=O) groups is 1. The molecule has 0 spiro atoms. The summed E-state index contributed by atoms with van der Waals surface area (Å²) in [5.41, 5.74) is 2.80. The molecule has 0 N–H and O–H groups in total. The van der Waals surface area contributed by atoms with Crippen molar-refractivity contribution in [3.63, 3.8) is 0 Å². The van der Waals surface area contributed by atoms with Gasteiger partial charge in [-0.15, -0.1) is 10.2 Å². The highest BCUT2D eigenvalue weighted by atomic mass is 16.2. The Bertz CT molecular complexity index is 923. The minimum absolute atomic E-state index is 0.0533. The normalized spacial score (nSPS) is 14.0. The van der Waals surface area contributed by atoms with Crippen molar-refractivity contribution in [3.05, 3.63) is 84.1 Å². The maximum atomic E-state index is 12.8. The Balaban J connectivity index is 1.35. The number of amides is 1. The van der Waals surface area contributed by atoms with Gasteiger partial charge in [0.2, 0.25) is 0 Å². The molecule has 6 nitrogen and oxygen atoms in total. The number of benzene rings is 2. The number of para-hydroxylation sites is 1. The quantitative estimate of drug-likeness (QED) is 0.673. The van der Waals surface area contributed by atoms with E-state index < -0.39 is 0 Å². The predicted octanol–water partition coefficient (Wildman–Crippen LogP) is 3.08. The lowest BCUT2D eigenvalue weighted by molar-refractivity contribution is 0.0739. The van der Waals surface area contributed by atoms with Gasteiger partial charge in [-0.05, 0) is 29.8 Å². The number of aromatic nitrogens is 2. The predicted molar refractivity (Wildman–Crippen MR) is 115 cm³/mol. The molecule has 0 bridgehead atoms. The lowest BCUT2D eigenvalue weighted by Gasteiger charge is -2.35. The van der Waals surface area contributed by atoms with E-state index in [1.165, 1.54) is 11.3 Å². The Hall–Kier alpha value is -3.41. The zero-order valence-corrected chi connectivity index (χ0v) is 16.6. The molecule has 1 amide bonds. The van der Waals surface area contributed by atoms with E-state index in [1.807, 2.05) is 59.3 Å². The van der Waals surface area contributed by atoms with Gasteiger partial charge in [-0.25, -0.2) is 0 Å². The number of nitrogens with zero attached hydrogens (tertiary/aromatic N) is 5. The molecular formula is C23H25N5O. The van der Waals surface area contributed by atoms with Crippen LogP contribution in [0.3, 0.4) is 0 Å². The fourth-order valence-electron chi connectivity index (χ4n) is 3.55. The molecule has 148 valence electrons. The van der Waals surface area contributed by atoms with Gasteiger partial charge in [-0.3, -0.25) is 4.79 Å². The lowest BCUT2D eigenvalue weighted by Crippen LogP contribution is -2.49. The second-order valence-corrected chi connectivity index (χ2v) is 7.23. The summed E-state index contributed by atoms with van der Waals surface area (Å²) in [6, 6.07) is 24.2. The van der Waals surface area contributed by atoms with Crippen LogP contribution in [0.5, 0.6) is 0 Å². The van der Waals surface area contributed by atoms with E-state index in [2.05, 4.69) is 39.4 Å². The molecule has 29 heavy (non-hydrogen) atoms. The highest BCUT2D eigenvalue weighted by Gasteiger charge is 2.23. The largest absolute Gasteiger partial charge is 0.368 e. The first-order chi connectivity index (χ1) is 14.2. The molecule has 2 aromatic carbocycles. The van der Waals surface area contributed by atoms with Crippen molar-refractivity contribution in [1.29, 1.82) is 0 Å². The smallest absolute Gasteiger partial charge is 0.274 e. The maximum absolute atomic E-state index is 12.8. The van der Waals surface area contributed by atoms with E-state index in [1.54, 1.807) is 6.07 Å². The first kappa shape index (κ1) is 18.9. The van der Waals surface area contributed by atoms with Gasteiger partial charge in [0.1, 0.15) is 0 Å². The van der Waals surface area contributed by atoms with Gasteiger partial charge < -0.3 is 14.7 Å². The number of hydrogen-bond donors (Lipinski definition) is 0. The number of anilines is 2. The van der Waals surface area contributed by atoms with Crippen molar-refractivity contribution in [2.24, 2.45) is 0 Å². The summed E-state index contributed by atoms with van der Waals surface area (Å²) in [7, 11) is 1.97. The van der Waals surface area contributed by atoms with Crippen LogP contribution in [0, 0.1) is 0 Å². The first-order valence-corrected chi connectivity index (χ1v) is 9.89. The molecule has 1 saturated heterocycles. The van der Waals surface area contributed by atoms with E-state index in [-0.39, 0.29) is 5.91 Å². The van der Waals surface area contributed by atoms with Crippen LogP contribution in [0.4, 0.5) is 11.5 Å². The van der Waals surface area contributed by atoms with Crippen LogP contribution in [0.25, 0.3) is 0 Å². The van der Waals surface area contributed by atoms with Gasteiger partial charge in [0.25, 0.3) is 5.91 Å². The molecule has 2 heterocycles. The number of hydrogen-bond acceptors (Lipinski definition) is 5. The fourth-order valence-corrected chi connectivity index (χ4v) is 3.55. The van der Waals surface area contributed by atoms with E-state index in [0.717, 1.165) is 25.5 Å². The molecule has 1 aliphatic rings. The van der Waals surface area contributed by atoms with E-state index in [0.29, 0.717) is 18.8 Å². The van der Waals surface area contributed by atoms with Crippen LogP contribution < -0.4 is 9.80 Å². The molecule has 1 aromatic heterocycles. The first-order valence-electron chi connectivity index (χ1n) is 9.89. The highest BCUT2D eigenvalue weighted by Crippen LogP contribution is 2.17. The molecule has 1 fully saturated rings. The van der Waals surface area contributed by atoms with Gasteiger partial charge in [-0.2, -0.15) is 0 Å². The van der Waals surface area contributed by atoms with Crippen molar-refractivity contribution >= 4 is 17.4 Å². The van der Waals surface area contributed by atoms with Crippen LogP contribution in [0.15, 0.2) is 72.8 Å².